The van der Waals surface area contributed by atoms with Gasteiger partial charge in [-0.25, -0.2) is 13.1 Å². The summed E-state index contributed by atoms with van der Waals surface area (Å²) in [7, 11) is 0.430. The third kappa shape index (κ3) is 4.78. The first-order valence-electron chi connectivity index (χ1n) is 6.97. The molecule has 0 spiro atoms. The van der Waals surface area contributed by atoms with Crippen LogP contribution in [-0.2, 0) is 16.6 Å². The summed E-state index contributed by atoms with van der Waals surface area (Å²) in [6.45, 7) is 1.93. The molecule has 1 aliphatic heterocycles. The summed E-state index contributed by atoms with van der Waals surface area (Å²) in [6.07, 6.45) is 4.59. The van der Waals surface area contributed by atoms with E-state index in [1.54, 1.807) is 4.90 Å². The maximum Gasteiger partial charge on any atom is 0.230 e. The fourth-order valence-corrected chi connectivity index (χ4v) is 2.50. The predicted octanol–water partition coefficient (Wildman–Crippen LogP) is -0.0229. The largest absolute Gasteiger partial charge is 0.347 e. The molecule has 0 unspecified atom stereocenters. The summed E-state index contributed by atoms with van der Waals surface area (Å²) in [5.74, 6) is 1.59. The first-order chi connectivity index (χ1) is 9.85. The molecule has 0 aliphatic carbocycles. The van der Waals surface area contributed by atoms with E-state index in [2.05, 4.69) is 24.6 Å². The highest BCUT2D eigenvalue weighted by molar-refractivity contribution is 7.88. The van der Waals surface area contributed by atoms with Gasteiger partial charge in [-0.1, -0.05) is 0 Å². The van der Waals surface area contributed by atoms with Gasteiger partial charge >= 0.3 is 0 Å². The topological polar surface area (TPSA) is 91.3 Å². The van der Waals surface area contributed by atoms with Gasteiger partial charge in [-0.05, 0) is 19.3 Å². The Hall–Kier alpha value is -1.48. The van der Waals surface area contributed by atoms with Crippen molar-refractivity contribution in [2.45, 2.75) is 25.8 Å². The molecule has 2 heterocycles. The van der Waals surface area contributed by atoms with E-state index in [-0.39, 0.29) is 6.54 Å². The van der Waals surface area contributed by atoms with Crippen LogP contribution in [0.15, 0.2) is 0 Å². The number of hydrogen-bond donors (Lipinski definition) is 1. The van der Waals surface area contributed by atoms with Gasteiger partial charge in [-0.15, -0.1) is 0 Å². The van der Waals surface area contributed by atoms with Crippen LogP contribution in [0.5, 0.6) is 0 Å². The van der Waals surface area contributed by atoms with Crippen molar-refractivity contribution >= 4 is 21.9 Å². The van der Waals surface area contributed by atoms with E-state index in [1.807, 2.05) is 14.1 Å². The molecule has 9 heteroatoms. The van der Waals surface area contributed by atoms with E-state index in [0.29, 0.717) is 17.7 Å². The van der Waals surface area contributed by atoms with Gasteiger partial charge in [0.1, 0.15) is 0 Å². The first kappa shape index (κ1) is 15.9. The number of hydrogen-bond acceptors (Lipinski definition) is 7. The number of nitrogens with zero attached hydrogens (tertiary/aromatic N) is 5. The summed E-state index contributed by atoms with van der Waals surface area (Å²) in [6, 6.07) is 0. The van der Waals surface area contributed by atoms with Crippen LogP contribution in [0.2, 0.25) is 0 Å². The Kier molecular flexibility index (Phi) is 4.94. The molecule has 1 saturated heterocycles. The second-order valence-corrected chi connectivity index (χ2v) is 7.22. The molecule has 1 aromatic rings. The molecule has 0 radical (unpaired) electrons. The lowest BCUT2D eigenvalue weighted by Gasteiger charge is -2.27. The summed E-state index contributed by atoms with van der Waals surface area (Å²) < 4.78 is 24.8. The number of sulfonamides is 1. The molecule has 21 heavy (non-hydrogen) atoms. The number of rotatable bonds is 5. The summed E-state index contributed by atoms with van der Waals surface area (Å²) in [5.41, 5.74) is 0. The van der Waals surface area contributed by atoms with Crippen molar-refractivity contribution in [3.05, 3.63) is 5.82 Å². The Morgan fingerprint density at radius 3 is 2.38 bits per heavy atom. The standard InChI is InChI=1S/C12H22N6O2S/c1-17(2)11-14-10(9-13-21(3,19)20)15-12(16-11)18-7-5-4-6-8-18/h13H,4-9H2,1-3H3. The Labute approximate surface area is 125 Å². The zero-order valence-corrected chi connectivity index (χ0v) is 13.5. The molecule has 8 nitrogen and oxygen atoms in total. The zero-order valence-electron chi connectivity index (χ0n) is 12.7. The third-order valence-corrected chi connectivity index (χ3v) is 3.86. The average Bonchev–Trinajstić information content (AvgIpc) is 2.45. The lowest BCUT2D eigenvalue weighted by atomic mass is 10.1. The molecule has 2 rings (SSSR count). The van der Waals surface area contributed by atoms with Gasteiger partial charge in [0.15, 0.2) is 5.82 Å². The van der Waals surface area contributed by atoms with Crippen molar-refractivity contribution in [3.8, 4) is 0 Å². The van der Waals surface area contributed by atoms with Gasteiger partial charge in [0.2, 0.25) is 21.9 Å². The van der Waals surface area contributed by atoms with Crippen molar-refractivity contribution in [2.75, 3.05) is 43.2 Å². The maximum absolute atomic E-state index is 11.2. The number of nitrogens with one attached hydrogen (secondary N) is 1. The Bertz CT molecular complexity index is 583. The highest BCUT2D eigenvalue weighted by atomic mass is 32.2. The quantitative estimate of drug-likeness (QED) is 0.816. The number of aromatic nitrogens is 3. The molecule has 1 N–H and O–H groups in total. The predicted molar refractivity (Wildman–Crippen MR) is 81.9 cm³/mol. The average molecular weight is 314 g/mol. The molecule has 1 aliphatic rings. The second kappa shape index (κ2) is 6.52. The summed E-state index contributed by atoms with van der Waals surface area (Å²) in [5, 5.41) is 0. The van der Waals surface area contributed by atoms with E-state index in [9.17, 15) is 8.42 Å². The van der Waals surface area contributed by atoms with Crippen LogP contribution in [0.25, 0.3) is 0 Å². The third-order valence-electron chi connectivity index (χ3n) is 3.19. The van der Waals surface area contributed by atoms with Crippen molar-refractivity contribution in [3.63, 3.8) is 0 Å². The number of piperidine rings is 1. The van der Waals surface area contributed by atoms with E-state index >= 15 is 0 Å². The summed E-state index contributed by atoms with van der Waals surface area (Å²) in [4.78, 5) is 17.0. The smallest absolute Gasteiger partial charge is 0.230 e. The molecule has 0 amide bonds. The van der Waals surface area contributed by atoms with Crippen molar-refractivity contribution in [1.29, 1.82) is 0 Å². The minimum atomic E-state index is -3.27. The van der Waals surface area contributed by atoms with Crippen LogP contribution in [0.3, 0.4) is 0 Å². The highest BCUT2D eigenvalue weighted by Gasteiger charge is 2.17. The molecular formula is C12H22N6O2S. The molecule has 0 atom stereocenters. The Balaban J connectivity index is 2.25. The van der Waals surface area contributed by atoms with Crippen LogP contribution in [0.4, 0.5) is 11.9 Å². The zero-order chi connectivity index (χ0) is 15.5. The molecule has 0 aromatic carbocycles. The van der Waals surface area contributed by atoms with Gasteiger partial charge in [0, 0.05) is 27.2 Å². The van der Waals surface area contributed by atoms with E-state index in [0.717, 1.165) is 32.2 Å². The number of anilines is 2. The van der Waals surface area contributed by atoms with Gasteiger partial charge in [0.05, 0.1) is 12.8 Å². The minimum Gasteiger partial charge on any atom is -0.347 e. The lowest BCUT2D eigenvalue weighted by Crippen LogP contribution is -2.32. The molecule has 0 bridgehead atoms. The van der Waals surface area contributed by atoms with Crippen LogP contribution >= 0.6 is 0 Å². The van der Waals surface area contributed by atoms with Gasteiger partial charge in [0.25, 0.3) is 0 Å². The first-order valence-corrected chi connectivity index (χ1v) is 8.86. The van der Waals surface area contributed by atoms with Gasteiger partial charge in [-0.3, -0.25) is 0 Å². The maximum atomic E-state index is 11.2. The molecule has 118 valence electrons. The SMILES string of the molecule is CN(C)c1nc(CNS(C)(=O)=O)nc(N2CCCCC2)n1. The molecule has 1 aromatic heterocycles. The lowest BCUT2D eigenvalue weighted by molar-refractivity contribution is 0.564. The fourth-order valence-electron chi connectivity index (χ4n) is 2.11. The van der Waals surface area contributed by atoms with Crippen LogP contribution in [0, 0.1) is 0 Å². The van der Waals surface area contributed by atoms with Crippen LogP contribution in [-0.4, -0.2) is 56.8 Å². The highest BCUT2D eigenvalue weighted by Crippen LogP contribution is 2.17. The van der Waals surface area contributed by atoms with E-state index < -0.39 is 10.0 Å². The Morgan fingerprint density at radius 2 is 1.81 bits per heavy atom. The second-order valence-electron chi connectivity index (χ2n) is 5.39. The van der Waals surface area contributed by atoms with Gasteiger partial charge < -0.3 is 9.80 Å². The van der Waals surface area contributed by atoms with Crippen LogP contribution < -0.4 is 14.5 Å². The molecular weight excluding hydrogens is 292 g/mol. The van der Waals surface area contributed by atoms with Crippen molar-refractivity contribution in [2.24, 2.45) is 0 Å². The minimum absolute atomic E-state index is 0.0725. The Morgan fingerprint density at radius 1 is 1.14 bits per heavy atom. The van der Waals surface area contributed by atoms with E-state index in [1.165, 1.54) is 6.42 Å². The van der Waals surface area contributed by atoms with Crippen LogP contribution in [0.1, 0.15) is 25.1 Å². The van der Waals surface area contributed by atoms with Gasteiger partial charge in [-0.2, -0.15) is 15.0 Å². The fraction of sp³-hybridized carbons (Fsp3) is 0.750. The summed E-state index contributed by atoms with van der Waals surface area (Å²) >= 11 is 0. The van der Waals surface area contributed by atoms with Crippen molar-refractivity contribution < 1.29 is 8.42 Å². The normalized spacial score (nSPS) is 16.0. The monoisotopic (exact) mass is 314 g/mol. The van der Waals surface area contributed by atoms with Crippen molar-refractivity contribution in [1.82, 2.24) is 19.7 Å². The molecule has 0 saturated carbocycles. The van der Waals surface area contributed by atoms with E-state index in [4.69, 9.17) is 0 Å². The molecule has 1 fully saturated rings.